The highest BCUT2D eigenvalue weighted by Gasteiger charge is 2.31. The van der Waals surface area contributed by atoms with Crippen LogP contribution in [0.2, 0.25) is 0 Å². The predicted molar refractivity (Wildman–Crippen MR) is 68.9 cm³/mol. The topological polar surface area (TPSA) is 15.6 Å². The number of nitrogens with zero attached hydrogens (tertiary/aromatic N) is 2. The molecule has 16 heavy (non-hydrogen) atoms. The van der Waals surface area contributed by atoms with Gasteiger partial charge in [-0.25, -0.2) is 4.99 Å². The maximum absolute atomic E-state index is 4.50. The van der Waals surface area contributed by atoms with Gasteiger partial charge in [-0.15, -0.1) is 0 Å². The first kappa shape index (κ1) is 10.0. The number of fused-ring (bicyclic) bond motifs is 1. The van der Waals surface area contributed by atoms with Crippen molar-refractivity contribution in [3.05, 3.63) is 41.1 Å². The van der Waals surface area contributed by atoms with Gasteiger partial charge in [-0.1, -0.05) is 30.5 Å². The Hall–Kier alpha value is -1.18. The molecule has 0 saturated carbocycles. The second-order valence-corrected chi connectivity index (χ2v) is 5.25. The van der Waals surface area contributed by atoms with Gasteiger partial charge in [0.15, 0.2) is 5.03 Å². The van der Waals surface area contributed by atoms with Crippen LogP contribution in [0, 0.1) is 5.92 Å². The summed E-state index contributed by atoms with van der Waals surface area (Å²) in [5.41, 5.74) is 4.39. The van der Waals surface area contributed by atoms with E-state index in [0.717, 1.165) is 24.4 Å². The molecule has 0 amide bonds. The smallest absolute Gasteiger partial charge is 0.160 e. The fourth-order valence-electron chi connectivity index (χ4n) is 2.39. The molecular formula is C13H14N2S. The number of hydrogen-bond donors (Lipinski definition) is 0. The molecular weight excluding hydrogens is 216 g/mol. The molecule has 3 rings (SSSR count). The van der Waals surface area contributed by atoms with Crippen molar-refractivity contribution >= 4 is 17.8 Å². The monoisotopic (exact) mass is 230 g/mol. The molecule has 1 saturated heterocycles. The van der Waals surface area contributed by atoms with Crippen LogP contribution in [0.15, 0.2) is 46.1 Å². The van der Waals surface area contributed by atoms with Gasteiger partial charge < -0.3 is 0 Å². The van der Waals surface area contributed by atoms with Gasteiger partial charge in [0.25, 0.3) is 0 Å². The molecule has 0 spiro atoms. The molecule has 0 bridgehead atoms. The van der Waals surface area contributed by atoms with Crippen molar-refractivity contribution in [3.63, 3.8) is 0 Å². The third-order valence-electron chi connectivity index (χ3n) is 3.24. The van der Waals surface area contributed by atoms with E-state index in [9.17, 15) is 0 Å². The van der Waals surface area contributed by atoms with Gasteiger partial charge >= 0.3 is 0 Å². The third-order valence-corrected chi connectivity index (χ3v) is 4.23. The molecule has 3 heteroatoms. The lowest BCUT2D eigenvalue weighted by atomic mass is 9.91. The van der Waals surface area contributed by atoms with Gasteiger partial charge in [0.1, 0.15) is 5.84 Å². The van der Waals surface area contributed by atoms with Gasteiger partial charge in [-0.3, -0.25) is 4.31 Å². The number of hydrogen-bond acceptors (Lipinski definition) is 3. The van der Waals surface area contributed by atoms with Crippen LogP contribution in [0.25, 0.3) is 0 Å². The molecule has 3 aliphatic rings. The summed E-state index contributed by atoms with van der Waals surface area (Å²) in [6.45, 7) is 4.73. The Bertz CT molecular complexity index is 453. The maximum atomic E-state index is 4.50. The van der Waals surface area contributed by atoms with Crippen molar-refractivity contribution in [1.29, 1.82) is 0 Å². The van der Waals surface area contributed by atoms with Crippen molar-refractivity contribution in [2.45, 2.75) is 19.3 Å². The van der Waals surface area contributed by atoms with Crippen LogP contribution >= 0.6 is 11.9 Å². The third kappa shape index (κ3) is 1.66. The molecule has 1 unspecified atom stereocenters. The molecule has 2 heterocycles. The lowest BCUT2D eigenvalue weighted by molar-refractivity contribution is 0.449. The van der Waals surface area contributed by atoms with E-state index >= 15 is 0 Å². The summed E-state index contributed by atoms with van der Waals surface area (Å²) >= 11 is 1.68. The van der Waals surface area contributed by atoms with Gasteiger partial charge in [-0.2, -0.15) is 0 Å². The van der Waals surface area contributed by atoms with Crippen LogP contribution in [-0.4, -0.2) is 16.7 Å². The largest absolute Gasteiger partial charge is 0.297 e. The van der Waals surface area contributed by atoms with E-state index in [-0.39, 0.29) is 0 Å². The molecule has 2 aliphatic heterocycles. The quantitative estimate of drug-likeness (QED) is 0.507. The number of amidine groups is 1. The lowest BCUT2D eigenvalue weighted by Gasteiger charge is -2.30. The molecule has 0 radical (unpaired) electrons. The first-order chi connectivity index (χ1) is 7.86. The Morgan fingerprint density at radius 2 is 2.50 bits per heavy atom. The molecule has 82 valence electrons. The zero-order chi connectivity index (χ0) is 11.0. The summed E-state index contributed by atoms with van der Waals surface area (Å²) in [6.07, 6.45) is 10.3. The maximum Gasteiger partial charge on any atom is 0.160 e. The molecule has 1 aliphatic carbocycles. The van der Waals surface area contributed by atoms with E-state index in [0.29, 0.717) is 5.92 Å². The van der Waals surface area contributed by atoms with E-state index in [4.69, 9.17) is 0 Å². The highest BCUT2D eigenvalue weighted by atomic mass is 32.2. The standard InChI is InChI=1S/C13H14N2S/c1-2-13-14-12-8-7-11(9-15(12)16-13)10-5-3-4-6-10/h3,5-6,11H,1,4,7-9H2. The van der Waals surface area contributed by atoms with Crippen molar-refractivity contribution in [2.24, 2.45) is 10.9 Å². The summed E-state index contributed by atoms with van der Waals surface area (Å²) in [7, 11) is 0. The van der Waals surface area contributed by atoms with Crippen LogP contribution in [-0.2, 0) is 0 Å². The number of allylic oxidation sites excluding steroid dienone is 3. The fourth-order valence-corrected chi connectivity index (χ4v) is 3.30. The van der Waals surface area contributed by atoms with Gasteiger partial charge in [0.05, 0.1) is 0 Å². The van der Waals surface area contributed by atoms with Crippen LogP contribution in [0.3, 0.4) is 0 Å². The summed E-state index contributed by atoms with van der Waals surface area (Å²) in [5.74, 6) is 1.88. The Balaban J connectivity index is 1.76. The van der Waals surface area contributed by atoms with Crippen molar-refractivity contribution < 1.29 is 0 Å². The fraction of sp³-hybridized carbons (Fsp3) is 0.385. The van der Waals surface area contributed by atoms with Crippen molar-refractivity contribution in [2.75, 3.05) is 6.54 Å². The minimum atomic E-state index is 0.675. The van der Waals surface area contributed by atoms with Crippen LogP contribution in [0.4, 0.5) is 0 Å². The van der Waals surface area contributed by atoms with Gasteiger partial charge in [0, 0.05) is 30.8 Å². The van der Waals surface area contributed by atoms with Gasteiger partial charge in [0.2, 0.25) is 0 Å². The summed E-state index contributed by atoms with van der Waals surface area (Å²) in [6, 6.07) is 0. The Labute approximate surface area is 100 Å². The Kier molecular flexibility index (Phi) is 2.50. The Morgan fingerprint density at radius 1 is 1.56 bits per heavy atom. The van der Waals surface area contributed by atoms with Crippen LogP contribution < -0.4 is 0 Å². The predicted octanol–water partition coefficient (Wildman–Crippen LogP) is 3.27. The molecule has 2 nitrogen and oxygen atoms in total. The zero-order valence-electron chi connectivity index (χ0n) is 9.15. The second-order valence-electron chi connectivity index (χ2n) is 4.24. The summed E-state index contributed by atoms with van der Waals surface area (Å²) < 4.78 is 2.30. The number of piperidine rings is 1. The van der Waals surface area contributed by atoms with E-state index in [1.54, 1.807) is 11.9 Å². The highest BCUT2D eigenvalue weighted by Crippen LogP contribution is 2.38. The number of rotatable bonds is 1. The molecule has 0 aromatic rings. The molecule has 0 N–H and O–H groups in total. The molecule has 1 fully saturated rings. The van der Waals surface area contributed by atoms with Crippen molar-refractivity contribution in [3.8, 4) is 0 Å². The minimum Gasteiger partial charge on any atom is -0.297 e. The van der Waals surface area contributed by atoms with Crippen LogP contribution in [0.1, 0.15) is 19.3 Å². The zero-order valence-corrected chi connectivity index (χ0v) is 9.96. The lowest BCUT2D eigenvalue weighted by Crippen LogP contribution is -2.33. The van der Waals surface area contributed by atoms with Gasteiger partial charge in [-0.05, 0) is 18.4 Å². The average molecular weight is 230 g/mol. The SMILES string of the molecule is C=C=C1N=C2CCC(C3=CCC=C3)CN2S1. The highest BCUT2D eigenvalue weighted by molar-refractivity contribution is 8.01. The van der Waals surface area contributed by atoms with Crippen LogP contribution in [0.5, 0.6) is 0 Å². The van der Waals surface area contributed by atoms with E-state index in [1.807, 2.05) is 0 Å². The second kappa shape index (κ2) is 4.00. The Morgan fingerprint density at radius 3 is 3.25 bits per heavy atom. The molecule has 1 atom stereocenters. The molecule has 0 aromatic carbocycles. The normalized spacial score (nSPS) is 27.6. The minimum absolute atomic E-state index is 0.675. The first-order valence-electron chi connectivity index (χ1n) is 5.66. The van der Waals surface area contributed by atoms with E-state index < -0.39 is 0 Å². The first-order valence-corrected chi connectivity index (χ1v) is 6.44. The van der Waals surface area contributed by atoms with Crippen molar-refractivity contribution in [1.82, 2.24) is 4.31 Å². The average Bonchev–Trinajstić information content (AvgIpc) is 2.96. The van der Waals surface area contributed by atoms with E-state index in [1.165, 1.54) is 17.8 Å². The summed E-state index contributed by atoms with van der Waals surface area (Å²) in [5, 5.41) is 0.923. The number of aliphatic imine (C=N–C) groups is 1. The van der Waals surface area contributed by atoms with E-state index in [2.05, 4.69) is 39.8 Å². The summed E-state index contributed by atoms with van der Waals surface area (Å²) in [4.78, 5) is 4.50. The molecule has 0 aromatic heterocycles.